The van der Waals surface area contributed by atoms with Crippen molar-refractivity contribution in [3.8, 4) is 0 Å². The van der Waals surface area contributed by atoms with Gasteiger partial charge in [0.25, 0.3) is 11.5 Å². The minimum absolute atomic E-state index is 0.0562. The van der Waals surface area contributed by atoms with Gasteiger partial charge in [-0.1, -0.05) is 60.7 Å². The number of primary amides is 1. The second kappa shape index (κ2) is 11.9. The molecule has 1 heterocycles. The molecule has 8 nitrogen and oxygen atoms in total. The lowest BCUT2D eigenvalue weighted by atomic mass is 9.98. The Bertz CT molecular complexity index is 1110. The van der Waals surface area contributed by atoms with Gasteiger partial charge in [-0.2, -0.15) is 0 Å². The van der Waals surface area contributed by atoms with Gasteiger partial charge in [-0.25, -0.2) is 0 Å². The summed E-state index contributed by atoms with van der Waals surface area (Å²) in [6.07, 6.45) is 2.40. The van der Waals surface area contributed by atoms with Crippen LogP contribution in [0.25, 0.3) is 0 Å². The minimum atomic E-state index is -0.894. The van der Waals surface area contributed by atoms with Crippen molar-refractivity contribution in [1.82, 2.24) is 15.2 Å². The number of rotatable bonds is 11. The highest BCUT2D eigenvalue weighted by molar-refractivity contribution is 5.97. The molecule has 0 saturated carbocycles. The number of pyridine rings is 1. The van der Waals surface area contributed by atoms with Gasteiger partial charge in [0.2, 0.25) is 5.91 Å². The Labute approximate surface area is 199 Å². The van der Waals surface area contributed by atoms with E-state index in [1.165, 1.54) is 10.6 Å². The van der Waals surface area contributed by atoms with Crippen LogP contribution in [0.4, 0.5) is 0 Å². The second-order valence-corrected chi connectivity index (χ2v) is 8.17. The maximum Gasteiger partial charge on any atom is 0.264 e. The summed E-state index contributed by atoms with van der Waals surface area (Å²) in [4.78, 5) is 38.4. The molecule has 2 aromatic carbocycles. The van der Waals surface area contributed by atoms with E-state index >= 15 is 0 Å². The molecule has 0 bridgehead atoms. The van der Waals surface area contributed by atoms with Crippen LogP contribution in [-0.2, 0) is 4.79 Å². The molecule has 3 aromatic rings. The number of nitrogens with one attached hydrogen (secondary N) is 2. The summed E-state index contributed by atoms with van der Waals surface area (Å²) in [7, 11) is 0. The molecule has 0 fully saturated rings. The van der Waals surface area contributed by atoms with Crippen molar-refractivity contribution < 1.29 is 9.59 Å². The highest BCUT2D eigenvalue weighted by Gasteiger charge is 2.23. The molecule has 0 saturated heterocycles. The Morgan fingerprint density at radius 2 is 1.53 bits per heavy atom. The molecule has 0 aliphatic heterocycles. The Hall–Kier alpha value is -3.75. The molecule has 0 radical (unpaired) electrons. The zero-order chi connectivity index (χ0) is 24.5. The number of carbonyl (C=O) groups is 2. The summed E-state index contributed by atoms with van der Waals surface area (Å²) in [6, 6.07) is 21.0. The molecule has 1 aromatic heterocycles. The van der Waals surface area contributed by atoms with Crippen molar-refractivity contribution in [2.45, 2.75) is 38.0 Å². The van der Waals surface area contributed by atoms with Crippen LogP contribution >= 0.6 is 0 Å². The summed E-state index contributed by atoms with van der Waals surface area (Å²) in [6.45, 7) is 2.39. The molecular weight excluding hydrogens is 430 g/mol. The zero-order valence-electron chi connectivity index (χ0n) is 19.2. The lowest BCUT2D eigenvalue weighted by Gasteiger charge is -2.22. The van der Waals surface area contributed by atoms with Crippen molar-refractivity contribution in [3.63, 3.8) is 0 Å². The second-order valence-electron chi connectivity index (χ2n) is 8.17. The maximum absolute atomic E-state index is 13.4. The van der Waals surface area contributed by atoms with Crippen LogP contribution in [0.3, 0.4) is 0 Å². The number of hydrogen-bond acceptors (Lipinski definition) is 5. The third-order valence-corrected chi connectivity index (χ3v) is 5.51. The predicted molar refractivity (Wildman–Crippen MR) is 132 cm³/mol. The van der Waals surface area contributed by atoms with Gasteiger partial charge in [0.15, 0.2) is 0 Å². The normalized spacial score (nSPS) is 12.8. The van der Waals surface area contributed by atoms with Gasteiger partial charge in [0.1, 0.15) is 11.6 Å². The first kappa shape index (κ1) is 24.9. The standard InChI is InChI=1S/C26H31N5O3/c1-18(27)29-16-8-15-22(24(28)32)30-25(33)21-14-9-17-31(26(21)34)23(19-10-4-2-5-11-19)20-12-6-3-7-13-20/h2-7,9-14,17-18,22-23,29H,8,15-16,27H2,1H3,(H2,28,32)(H,30,33). The average molecular weight is 462 g/mol. The number of benzene rings is 2. The maximum atomic E-state index is 13.4. The SMILES string of the molecule is CC(N)NCCCC(NC(=O)c1cccn(C(c2ccccc2)c2ccccc2)c1=O)C(N)=O. The first-order valence-corrected chi connectivity index (χ1v) is 11.3. The van der Waals surface area contributed by atoms with E-state index in [0.717, 1.165) is 11.1 Å². The molecule has 0 aliphatic rings. The lowest BCUT2D eigenvalue weighted by Crippen LogP contribution is -2.46. The largest absolute Gasteiger partial charge is 0.368 e. The van der Waals surface area contributed by atoms with Crippen LogP contribution in [0.15, 0.2) is 83.8 Å². The molecule has 0 aliphatic carbocycles. The van der Waals surface area contributed by atoms with Crippen LogP contribution in [-0.4, -0.2) is 35.1 Å². The van der Waals surface area contributed by atoms with Gasteiger partial charge in [0, 0.05) is 6.20 Å². The molecular formula is C26H31N5O3. The predicted octanol–water partition coefficient (Wildman–Crippen LogP) is 1.74. The van der Waals surface area contributed by atoms with Crippen LogP contribution in [0.1, 0.15) is 47.3 Å². The lowest BCUT2D eigenvalue weighted by molar-refractivity contribution is -0.120. The molecule has 2 amide bonds. The topological polar surface area (TPSA) is 132 Å². The quantitative estimate of drug-likeness (QED) is 0.255. The number of aromatic nitrogens is 1. The molecule has 34 heavy (non-hydrogen) atoms. The summed E-state index contributed by atoms with van der Waals surface area (Å²) in [5.74, 6) is -1.29. The van der Waals surface area contributed by atoms with Gasteiger partial charge in [0.05, 0.1) is 12.2 Å². The summed E-state index contributed by atoms with van der Waals surface area (Å²) >= 11 is 0. The van der Waals surface area contributed by atoms with E-state index in [2.05, 4.69) is 10.6 Å². The van der Waals surface area contributed by atoms with Gasteiger partial charge in [-0.05, 0) is 49.6 Å². The number of hydrogen-bond donors (Lipinski definition) is 4. The molecule has 6 N–H and O–H groups in total. The first-order valence-electron chi connectivity index (χ1n) is 11.3. The highest BCUT2D eigenvalue weighted by atomic mass is 16.2. The van der Waals surface area contributed by atoms with Crippen molar-refractivity contribution in [3.05, 3.63) is 106 Å². The third kappa shape index (κ3) is 6.40. The Morgan fingerprint density at radius 3 is 2.06 bits per heavy atom. The fourth-order valence-corrected chi connectivity index (χ4v) is 3.83. The summed E-state index contributed by atoms with van der Waals surface area (Å²) in [5, 5.41) is 5.67. The van der Waals surface area contributed by atoms with Gasteiger partial charge >= 0.3 is 0 Å². The summed E-state index contributed by atoms with van der Waals surface area (Å²) in [5.41, 5.74) is 12.4. The smallest absolute Gasteiger partial charge is 0.264 e. The number of carbonyl (C=O) groups excluding carboxylic acids is 2. The van der Waals surface area contributed by atoms with E-state index in [9.17, 15) is 14.4 Å². The molecule has 0 spiro atoms. The van der Waals surface area contributed by atoms with Crippen LogP contribution in [0, 0.1) is 0 Å². The van der Waals surface area contributed by atoms with Crippen molar-refractivity contribution in [1.29, 1.82) is 0 Å². The minimum Gasteiger partial charge on any atom is -0.368 e. The summed E-state index contributed by atoms with van der Waals surface area (Å²) < 4.78 is 1.53. The monoisotopic (exact) mass is 461 g/mol. The van der Waals surface area contributed by atoms with Crippen molar-refractivity contribution in [2.75, 3.05) is 6.54 Å². The Kier molecular flexibility index (Phi) is 8.73. The van der Waals surface area contributed by atoms with E-state index in [0.29, 0.717) is 19.4 Å². The molecule has 8 heteroatoms. The van der Waals surface area contributed by atoms with E-state index in [1.54, 1.807) is 12.3 Å². The van der Waals surface area contributed by atoms with E-state index in [4.69, 9.17) is 11.5 Å². The van der Waals surface area contributed by atoms with Crippen LogP contribution in [0.5, 0.6) is 0 Å². The molecule has 178 valence electrons. The van der Waals surface area contributed by atoms with Gasteiger partial charge in [-0.15, -0.1) is 0 Å². The van der Waals surface area contributed by atoms with Gasteiger partial charge in [-0.3, -0.25) is 14.4 Å². The van der Waals surface area contributed by atoms with E-state index < -0.39 is 29.5 Å². The highest BCUT2D eigenvalue weighted by Crippen LogP contribution is 2.25. The van der Waals surface area contributed by atoms with E-state index in [1.807, 2.05) is 67.6 Å². The third-order valence-electron chi connectivity index (χ3n) is 5.51. The van der Waals surface area contributed by atoms with Crippen molar-refractivity contribution in [2.24, 2.45) is 11.5 Å². The zero-order valence-corrected chi connectivity index (χ0v) is 19.2. The number of amides is 2. The van der Waals surface area contributed by atoms with Gasteiger partial charge < -0.3 is 26.7 Å². The first-order chi connectivity index (χ1) is 16.4. The molecule has 2 unspecified atom stereocenters. The van der Waals surface area contributed by atoms with Crippen molar-refractivity contribution >= 4 is 11.8 Å². The number of nitrogens with two attached hydrogens (primary N) is 2. The molecule has 2 atom stereocenters. The number of nitrogens with zero attached hydrogens (tertiary/aromatic N) is 1. The van der Waals surface area contributed by atoms with E-state index in [-0.39, 0.29) is 11.7 Å². The molecule has 3 rings (SSSR count). The van der Waals surface area contributed by atoms with Crippen LogP contribution < -0.4 is 27.7 Å². The fourth-order valence-electron chi connectivity index (χ4n) is 3.83. The Balaban J connectivity index is 1.88. The average Bonchev–Trinajstić information content (AvgIpc) is 2.83. The van der Waals surface area contributed by atoms with Crippen LogP contribution in [0.2, 0.25) is 0 Å². The Morgan fingerprint density at radius 1 is 0.941 bits per heavy atom. The fraction of sp³-hybridized carbons (Fsp3) is 0.269.